The van der Waals surface area contributed by atoms with Crippen LogP contribution in [0.25, 0.3) is 0 Å². The summed E-state index contributed by atoms with van der Waals surface area (Å²) in [5.41, 5.74) is 9.67. The van der Waals surface area contributed by atoms with Gasteiger partial charge in [0.15, 0.2) is 0 Å². The topological polar surface area (TPSA) is 114 Å². The Hall–Kier alpha value is -1.90. The van der Waals surface area contributed by atoms with E-state index < -0.39 is 4.92 Å². The first kappa shape index (κ1) is 33.1. The van der Waals surface area contributed by atoms with Gasteiger partial charge in [0, 0.05) is 66.9 Å². The molecule has 2 aromatic carbocycles. The number of anilines is 1. The fourth-order valence-electron chi connectivity index (χ4n) is 3.78. The number of fused-ring (bicyclic) bond motifs is 1. The summed E-state index contributed by atoms with van der Waals surface area (Å²) in [5, 5.41) is 22.2. The van der Waals surface area contributed by atoms with Crippen molar-refractivity contribution in [1.82, 2.24) is 0 Å². The number of non-ortho nitro benzene ring substituents is 1. The summed E-state index contributed by atoms with van der Waals surface area (Å²) < 4.78 is 0. The van der Waals surface area contributed by atoms with Gasteiger partial charge in [0.2, 0.25) is 0 Å². The van der Waals surface area contributed by atoms with Crippen molar-refractivity contribution in [2.24, 2.45) is 16.6 Å². The summed E-state index contributed by atoms with van der Waals surface area (Å²) in [4.78, 5) is 15.8. The number of thioether (sulfide) groups is 1. The van der Waals surface area contributed by atoms with Gasteiger partial charge < -0.3 is 22.6 Å². The van der Waals surface area contributed by atoms with Gasteiger partial charge in [-0.05, 0) is 75.1 Å². The molecule has 0 saturated heterocycles. The van der Waals surface area contributed by atoms with E-state index in [0.717, 1.165) is 36.5 Å². The molecule has 1 aliphatic carbocycles. The van der Waals surface area contributed by atoms with E-state index >= 15 is 0 Å². The molecule has 9 heteroatoms. The molecule has 37 heavy (non-hydrogen) atoms. The monoisotopic (exact) mass is 600 g/mol. The summed E-state index contributed by atoms with van der Waals surface area (Å²) in [6.45, 7) is 10.3. The summed E-state index contributed by atoms with van der Waals surface area (Å²) in [7, 11) is 0. The fourth-order valence-corrected chi connectivity index (χ4v) is 4.83. The third kappa shape index (κ3) is 11.6. The van der Waals surface area contributed by atoms with Gasteiger partial charge >= 0.3 is 0 Å². The second-order valence-corrected chi connectivity index (χ2v) is 10.6. The molecule has 2 aliphatic rings. The number of rotatable bonds is 4. The normalized spacial score (nSPS) is 16.8. The SMILES string of the molecule is CC.CC(C)(C)N=C(/C=C(\N)C1C[CH-]CC1)Nc1ccc2c(c1)CCS2.O=[N+]([O-])c1ccc(O)cc1.[Y]. The summed E-state index contributed by atoms with van der Waals surface area (Å²) in [6.07, 6.45) is 8.93. The summed E-state index contributed by atoms with van der Waals surface area (Å²) >= 11 is 1.94. The molecule has 1 unspecified atom stereocenters. The molecule has 0 spiro atoms. The van der Waals surface area contributed by atoms with Gasteiger partial charge in [-0.25, -0.2) is 0 Å². The molecule has 2 aromatic rings. The number of aryl methyl sites for hydroxylation is 1. The number of benzene rings is 2. The third-order valence-electron chi connectivity index (χ3n) is 5.42. The Labute approximate surface area is 250 Å². The second-order valence-electron chi connectivity index (χ2n) is 9.43. The molecule has 4 N–H and O–H groups in total. The van der Waals surface area contributed by atoms with Crippen molar-refractivity contribution < 1.29 is 42.7 Å². The zero-order chi connectivity index (χ0) is 26.7. The van der Waals surface area contributed by atoms with E-state index in [-0.39, 0.29) is 49.7 Å². The van der Waals surface area contributed by atoms with Crippen LogP contribution in [-0.4, -0.2) is 27.2 Å². The van der Waals surface area contributed by atoms with Crippen LogP contribution in [0, 0.1) is 22.5 Å². The van der Waals surface area contributed by atoms with Crippen molar-refractivity contribution in [3.8, 4) is 5.75 Å². The molecule has 1 heterocycles. The smallest absolute Gasteiger partial charge is 0.269 e. The first-order valence-electron chi connectivity index (χ1n) is 12.5. The number of amidine groups is 1. The molecule has 0 aromatic heterocycles. The van der Waals surface area contributed by atoms with E-state index in [1.54, 1.807) is 0 Å². The average molecular weight is 601 g/mol. The number of hydrogen-bond acceptors (Lipinski definition) is 6. The minimum atomic E-state index is -0.514. The van der Waals surface area contributed by atoms with Gasteiger partial charge in [-0.1, -0.05) is 20.3 Å². The Balaban J connectivity index is 0.000000444. The minimum absolute atomic E-state index is 0. The van der Waals surface area contributed by atoms with Crippen LogP contribution >= 0.6 is 11.8 Å². The molecule has 0 amide bonds. The average Bonchev–Trinajstić information content (AvgIpc) is 3.52. The van der Waals surface area contributed by atoms with Crippen molar-refractivity contribution in [2.75, 3.05) is 11.1 Å². The number of nitrogens with two attached hydrogens (primary N) is 1. The number of allylic oxidation sites excluding steroid dienone is 1. The molecular formula is C28H39N4O3SY-. The Morgan fingerprint density at radius 2 is 1.92 bits per heavy atom. The zero-order valence-electron chi connectivity index (χ0n) is 22.5. The molecule has 0 bridgehead atoms. The van der Waals surface area contributed by atoms with Crippen molar-refractivity contribution in [3.05, 3.63) is 76.3 Å². The molecule has 1 saturated carbocycles. The van der Waals surface area contributed by atoms with Gasteiger partial charge in [-0.2, -0.15) is 12.8 Å². The quantitative estimate of drug-likeness (QED) is 0.113. The number of nitro groups is 1. The van der Waals surface area contributed by atoms with Crippen LogP contribution in [-0.2, 0) is 39.1 Å². The maximum absolute atomic E-state index is 10.0. The van der Waals surface area contributed by atoms with E-state index in [4.69, 9.17) is 15.8 Å². The Morgan fingerprint density at radius 1 is 1.24 bits per heavy atom. The number of aliphatic imine (C=N–C) groups is 1. The van der Waals surface area contributed by atoms with E-state index in [1.165, 1.54) is 46.9 Å². The standard InChI is InChI=1S/C20H28N3S.C6H5NO3.C2H6.Y/c1-20(2,3)23-19(13-17(21)14-6-4-5-7-14)22-16-8-9-18-15(12-16)10-11-24-18;8-6-3-1-5(2-4-6)7(9)10;1-2;/h4,8-9,12-14H,5-7,10-11,21H2,1-3H3,(H,22,23);1-4,8H;1-2H3;/q-1;;;/b17-13-;;;. The van der Waals surface area contributed by atoms with Gasteiger partial charge in [0.05, 0.1) is 10.5 Å². The van der Waals surface area contributed by atoms with Crippen LogP contribution in [0.15, 0.2) is 64.1 Å². The maximum atomic E-state index is 10.0. The van der Waals surface area contributed by atoms with Gasteiger partial charge in [0.1, 0.15) is 11.6 Å². The predicted octanol–water partition coefficient (Wildman–Crippen LogP) is 7.11. The molecule has 1 radical (unpaired) electrons. The van der Waals surface area contributed by atoms with Crippen LogP contribution < -0.4 is 11.1 Å². The van der Waals surface area contributed by atoms with Gasteiger partial charge in [-0.15, -0.1) is 11.8 Å². The fraction of sp³-hybridized carbons (Fsp3) is 0.429. The predicted molar refractivity (Wildman–Crippen MR) is 152 cm³/mol. The van der Waals surface area contributed by atoms with Crippen LogP contribution in [0.5, 0.6) is 5.75 Å². The molecule has 1 fully saturated rings. The maximum Gasteiger partial charge on any atom is 0.269 e. The summed E-state index contributed by atoms with van der Waals surface area (Å²) in [6, 6.07) is 11.6. The van der Waals surface area contributed by atoms with Crippen LogP contribution in [0.3, 0.4) is 0 Å². The zero-order valence-corrected chi connectivity index (χ0v) is 26.2. The largest absolute Gasteiger partial charge is 0.508 e. The number of phenols is 1. The van der Waals surface area contributed by atoms with Crippen molar-refractivity contribution >= 4 is 29.0 Å². The number of hydrogen-bond donors (Lipinski definition) is 3. The molecule has 4 rings (SSSR count). The van der Waals surface area contributed by atoms with Crippen LogP contribution in [0.2, 0.25) is 0 Å². The summed E-state index contributed by atoms with van der Waals surface area (Å²) in [5.74, 6) is 2.55. The first-order chi connectivity index (χ1) is 17.1. The van der Waals surface area contributed by atoms with Crippen LogP contribution in [0.1, 0.15) is 59.4 Å². The first-order valence-corrected chi connectivity index (χ1v) is 13.4. The molecule has 1 atom stereocenters. The third-order valence-corrected chi connectivity index (χ3v) is 6.54. The molecule has 7 nitrogen and oxygen atoms in total. The van der Waals surface area contributed by atoms with E-state index in [0.29, 0.717) is 5.92 Å². The minimum Gasteiger partial charge on any atom is -0.508 e. The second kappa shape index (κ2) is 16.2. The van der Waals surface area contributed by atoms with Crippen molar-refractivity contribution in [1.29, 1.82) is 0 Å². The van der Waals surface area contributed by atoms with Crippen LogP contribution in [0.4, 0.5) is 11.4 Å². The number of nitro benzene ring substituents is 1. The van der Waals surface area contributed by atoms with Gasteiger partial charge in [-0.3, -0.25) is 15.1 Å². The molecule has 1 aliphatic heterocycles. The van der Waals surface area contributed by atoms with E-state index in [9.17, 15) is 10.1 Å². The van der Waals surface area contributed by atoms with Crippen molar-refractivity contribution in [3.63, 3.8) is 0 Å². The van der Waals surface area contributed by atoms with Crippen molar-refractivity contribution in [2.45, 2.75) is 70.7 Å². The molecule has 199 valence electrons. The van der Waals surface area contributed by atoms with E-state index in [1.807, 2.05) is 31.7 Å². The Morgan fingerprint density at radius 3 is 2.49 bits per heavy atom. The number of nitrogens with one attached hydrogen (secondary N) is 1. The molecular weight excluding hydrogens is 561 g/mol. The number of nitrogens with zero attached hydrogens (tertiary/aromatic N) is 2. The van der Waals surface area contributed by atoms with Gasteiger partial charge in [0.25, 0.3) is 5.69 Å². The number of aromatic hydroxyl groups is 1. The number of phenolic OH excluding ortho intramolecular Hbond substituents is 1. The van der Waals surface area contributed by atoms with E-state index in [2.05, 4.69) is 50.7 Å². The Kier molecular flexibility index (Phi) is 14.5. The Bertz CT molecular complexity index is 1060.